The molecule has 2 heterocycles. The largest absolute Gasteiger partial charge is 0.491 e. The quantitative estimate of drug-likeness (QED) is 0.589. The number of ether oxygens (including phenoxy) is 1. The minimum Gasteiger partial charge on any atom is -0.491 e. The van der Waals surface area contributed by atoms with Crippen LogP contribution in [0.2, 0.25) is 0 Å². The monoisotopic (exact) mass is 444 g/mol. The lowest BCUT2D eigenvalue weighted by molar-refractivity contribution is 0.404. The van der Waals surface area contributed by atoms with E-state index in [2.05, 4.69) is 15.2 Å². The molecule has 8 nitrogen and oxygen atoms in total. The highest BCUT2D eigenvalue weighted by Gasteiger charge is 2.17. The van der Waals surface area contributed by atoms with E-state index in [1.54, 1.807) is 36.7 Å². The molecule has 1 aliphatic rings. The minimum absolute atomic E-state index is 0.0132. The van der Waals surface area contributed by atoms with Gasteiger partial charge in [-0.05, 0) is 43.0 Å². The highest BCUT2D eigenvalue weighted by atomic mass is 19.1. The Morgan fingerprint density at radius 2 is 2.18 bits per heavy atom. The van der Waals surface area contributed by atoms with Crippen molar-refractivity contribution in [1.29, 1.82) is 0 Å². The van der Waals surface area contributed by atoms with Gasteiger partial charge in [-0.1, -0.05) is 24.3 Å². The summed E-state index contributed by atoms with van der Waals surface area (Å²) in [6.45, 7) is 0. The Morgan fingerprint density at radius 1 is 1.30 bits per heavy atom. The second-order valence-corrected chi connectivity index (χ2v) is 6.91. The van der Waals surface area contributed by atoms with E-state index in [9.17, 15) is 4.79 Å². The summed E-state index contributed by atoms with van der Waals surface area (Å²) in [5.41, 5.74) is 6.62. The van der Waals surface area contributed by atoms with Crippen LogP contribution in [0.25, 0.3) is 11.4 Å². The van der Waals surface area contributed by atoms with Gasteiger partial charge >= 0.3 is 0 Å². The fraction of sp³-hybridized carbons (Fsp3) is 0.0833. The maximum Gasteiger partial charge on any atom is 0.251 e. The number of allylic oxidation sites excluding steroid dienone is 6. The summed E-state index contributed by atoms with van der Waals surface area (Å²) in [4.78, 5) is 17.5. The molecule has 33 heavy (non-hydrogen) atoms. The summed E-state index contributed by atoms with van der Waals surface area (Å²) in [5.74, 6) is -0.568. The molecule has 0 atom stereocenters. The Hall–Kier alpha value is -4.53. The van der Waals surface area contributed by atoms with Gasteiger partial charge < -0.3 is 10.5 Å². The molecule has 0 radical (unpaired) electrons. The van der Waals surface area contributed by atoms with Crippen LogP contribution in [0.1, 0.15) is 12.1 Å². The van der Waals surface area contributed by atoms with Gasteiger partial charge in [0.25, 0.3) is 5.43 Å². The van der Waals surface area contributed by atoms with Gasteiger partial charge in [0.15, 0.2) is 17.3 Å². The van der Waals surface area contributed by atoms with Crippen LogP contribution in [0.4, 0.5) is 4.39 Å². The standard InChI is InChI=1S/C24H21FN6O2/c1-33-22-16-31(21-10-9-18(15-19(21)25)30-14-6-13-27-30)29-23(24(22)32)20(11-12-26)28-17-7-4-2-3-5-8-17/h2-4,6-16H,5,26H2,1H3. The van der Waals surface area contributed by atoms with Gasteiger partial charge in [-0.2, -0.15) is 10.2 Å². The fourth-order valence-corrected chi connectivity index (χ4v) is 3.20. The molecule has 0 unspecified atom stereocenters. The summed E-state index contributed by atoms with van der Waals surface area (Å²) in [7, 11) is 1.36. The lowest BCUT2D eigenvalue weighted by atomic mass is 10.2. The van der Waals surface area contributed by atoms with Crippen LogP contribution in [0.5, 0.6) is 5.75 Å². The van der Waals surface area contributed by atoms with E-state index in [0.717, 1.165) is 0 Å². The summed E-state index contributed by atoms with van der Waals surface area (Å²) in [5, 5.41) is 8.47. The van der Waals surface area contributed by atoms with Crippen molar-refractivity contribution in [2.75, 3.05) is 7.11 Å². The Bertz CT molecular complexity index is 1360. The zero-order chi connectivity index (χ0) is 23.2. The molecule has 0 saturated carbocycles. The second-order valence-electron chi connectivity index (χ2n) is 6.91. The van der Waals surface area contributed by atoms with Gasteiger partial charge in [-0.15, -0.1) is 0 Å². The lowest BCUT2D eigenvalue weighted by Gasteiger charge is -2.12. The van der Waals surface area contributed by atoms with E-state index in [-0.39, 0.29) is 22.8 Å². The summed E-state index contributed by atoms with van der Waals surface area (Å²) in [6.07, 6.45) is 17.5. The molecule has 166 valence electrons. The Labute approximate surface area is 189 Å². The summed E-state index contributed by atoms with van der Waals surface area (Å²) >= 11 is 0. The number of aromatic nitrogens is 4. The third kappa shape index (κ3) is 4.72. The van der Waals surface area contributed by atoms with Crippen molar-refractivity contribution in [3.05, 3.63) is 113 Å². The average molecular weight is 444 g/mol. The van der Waals surface area contributed by atoms with Crippen molar-refractivity contribution in [3.8, 4) is 17.1 Å². The highest BCUT2D eigenvalue weighted by Crippen LogP contribution is 2.19. The minimum atomic E-state index is -0.555. The average Bonchev–Trinajstić information content (AvgIpc) is 3.24. The van der Waals surface area contributed by atoms with Gasteiger partial charge in [0.05, 0.1) is 30.4 Å². The van der Waals surface area contributed by atoms with Gasteiger partial charge in [-0.3, -0.25) is 4.79 Å². The molecule has 4 rings (SSSR count). The van der Waals surface area contributed by atoms with Crippen LogP contribution in [0.3, 0.4) is 0 Å². The van der Waals surface area contributed by atoms with Crippen molar-refractivity contribution >= 4 is 5.71 Å². The normalized spacial score (nSPS) is 13.9. The van der Waals surface area contributed by atoms with Crippen LogP contribution in [-0.2, 0) is 0 Å². The van der Waals surface area contributed by atoms with E-state index < -0.39 is 11.2 Å². The van der Waals surface area contributed by atoms with Gasteiger partial charge in [-0.25, -0.2) is 18.7 Å². The fourth-order valence-electron chi connectivity index (χ4n) is 3.20. The number of rotatable bonds is 6. The highest BCUT2D eigenvalue weighted by molar-refractivity contribution is 6.08. The van der Waals surface area contributed by atoms with Crippen molar-refractivity contribution in [2.45, 2.75) is 6.42 Å². The van der Waals surface area contributed by atoms with Crippen LogP contribution >= 0.6 is 0 Å². The third-order valence-electron chi connectivity index (χ3n) is 4.78. The van der Waals surface area contributed by atoms with Crippen LogP contribution < -0.4 is 15.9 Å². The van der Waals surface area contributed by atoms with Crippen molar-refractivity contribution in [3.63, 3.8) is 0 Å². The maximum absolute atomic E-state index is 15.1. The predicted molar refractivity (Wildman–Crippen MR) is 124 cm³/mol. The van der Waals surface area contributed by atoms with E-state index >= 15 is 4.39 Å². The smallest absolute Gasteiger partial charge is 0.251 e. The molecule has 0 saturated heterocycles. The molecule has 0 fully saturated rings. The van der Waals surface area contributed by atoms with E-state index in [1.165, 1.54) is 41.0 Å². The molecular weight excluding hydrogens is 423 g/mol. The Kier molecular flexibility index (Phi) is 6.40. The first-order valence-corrected chi connectivity index (χ1v) is 10.1. The molecule has 0 spiro atoms. The van der Waals surface area contributed by atoms with E-state index in [4.69, 9.17) is 10.5 Å². The number of nitrogens with two attached hydrogens (primary N) is 1. The summed E-state index contributed by atoms with van der Waals surface area (Å²) < 4.78 is 23.1. The molecular formula is C24H21FN6O2. The van der Waals surface area contributed by atoms with Gasteiger partial charge in [0, 0.05) is 18.5 Å². The number of halogens is 1. The zero-order valence-corrected chi connectivity index (χ0v) is 17.8. The third-order valence-corrected chi connectivity index (χ3v) is 4.78. The molecule has 0 bridgehead atoms. The van der Waals surface area contributed by atoms with Gasteiger partial charge in [0.2, 0.25) is 0 Å². The maximum atomic E-state index is 15.1. The molecule has 2 aromatic heterocycles. The predicted octanol–water partition coefficient (Wildman–Crippen LogP) is 3.23. The number of methoxy groups -OCH3 is 1. The molecule has 9 heteroatoms. The Balaban J connectivity index is 1.84. The molecule has 3 aromatic rings. The van der Waals surface area contributed by atoms with Crippen LogP contribution in [0.15, 0.2) is 101 Å². The van der Waals surface area contributed by atoms with Crippen LogP contribution in [0, 0.1) is 5.82 Å². The molecule has 0 aliphatic heterocycles. The van der Waals surface area contributed by atoms with Gasteiger partial charge in [0.1, 0.15) is 5.69 Å². The van der Waals surface area contributed by atoms with E-state index in [0.29, 0.717) is 17.8 Å². The van der Waals surface area contributed by atoms with Crippen LogP contribution in [-0.4, -0.2) is 32.4 Å². The number of aliphatic imine (C=N–C) groups is 1. The molecule has 1 aliphatic carbocycles. The second kappa shape index (κ2) is 9.73. The van der Waals surface area contributed by atoms with E-state index in [1.807, 2.05) is 24.3 Å². The summed E-state index contributed by atoms with van der Waals surface area (Å²) in [6, 6.07) is 6.31. The Morgan fingerprint density at radius 3 is 2.91 bits per heavy atom. The SMILES string of the molecule is COc1cn(-c2ccc(-n3cccn3)cc2F)nc(C(C=CN)=NC2=CCC=CC=C2)c1=O. The lowest BCUT2D eigenvalue weighted by Crippen LogP contribution is -2.23. The number of benzene rings is 1. The molecule has 0 amide bonds. The first kappa shape index (κ1) is 21.7. The molecule has 1 aromatic carbocycles. The first-order chi connectivity index (χ1) is 16.1. The number of hydrogen-bond acceptors (Lipinski definition) is 6. The number of hydrogen-bond donors (Lipinski definition) is 1. The topological polar surface area (TPSA) is 100 Å². The molecule has 2 N–H and O–H groups in total. The first-order valence-electron chi connectivity index (χ1n) is 10.1. The number of nitrogens with zero attached hydrogens (tertiary/aromatic N) is 5. The van der Waals surface area contributed by atoms with Crippen molar-refractivity contribution in [1.82, 2.24) is 19.6 Å². The zero-order valence-electron chi connectivity index (χ0n) is 17.8. The van der Waals surface area contributed by atoms with Crippen molar-refractivity contribution in [2.24, 2.45) is 10.7 Å². The van der Waals surface area contributed by atoms with Crippen molar-refractivity contribution < 1.29 is 9.13 Å².